The maximum atomic E-state index is 13.3. The third kappa shape index (κ3) is 5.45. The van der Waals surface area contributed by atoms with E-state index < -0.39 is 6.10 Å². The Labute approximate surface area is 213 Å². The summed E-state index contributed by atoms with van der Waals surface area (Å²) >= 11 is 0. The van der Waals surface area contributed by atoms with Gasteiger partial charge in [0.2, 0.25) is 0 Å². The number of fused-ring (bicyclic) bond motifs is 5. The molecule has 3 nitrogen and oxygen atoms in total. The number of Topliss-reactive ketones (excluding diaryl/α,β-unsaturated/α-hetero) is 2. The van der Waals surface area contributed by atoms with Crippen molar-refractivity contribution >= 4 is 11.6 Å². The van der Waals surface area contributed by atoms with Gasteiger partial charge in [0.15, 0.2) is 5.78 Å². The molecule has 0 aromatic heterocycles. The van der Waals surface area contributed by atoms with E-state index in [1.165, 1.54) is 36.8 Å². The maximum Gasteiger partial charge on any atom is 0.162 e. The Morgan fingerprint density at radius 1 is 0.971 bits per heavy atom. The molecule has 194 valence electrons. The van der Waals surface area contributed by atoms with Gasteiger partial charge in [0.1, 0.15) is 5.78 Å². The van der Waals surface area contributed by atoms with Crippen LogP contribution < -0.4 is 0 Å². The van der Waals surface area contributed by atoms with Crippen LogP contribution in [0.25, 0.3) is 0 Å². The van der Waals surface area contributed by atoms with Crippen molar-refractivity contribution in [1.29, 1.82) is 0 Å². The van der Waals surface area contributed by atoms with Gasteiger partial charge in [-0.05, 0) is 85.3 Å². The minimum Gasteiger partial charge on any atom is -0.392 e. The average molecular weight is 481 g/mol. The Bertz CT molecular complexity index is 889. The molecule has 0 amide bonds. The van der Waals surface area contributed by atoms with Crippen LogP contribution in [0, 0.1) is 23.2 Å². The highest BCUT2D eigenvalue weighted by molar-refractivity contribution is 5.96. The van der Waals surface area contributed by atoms with Gasteiger partial charge in [0.05, 0.1) is 6.10 Å². The van der Waals surface area contributed by atoms with Crippen molar-refractivity contribution in [3.8, 4) is 0 Å². The fraction of sp³-hybridized carbons (Fsp3) is 0.750. The molecular weight excluding hydrogens is 432 g/mol. The molecule has 2 fully saturated rings. The summed E-state index contributed by atoms with van der Waals surface area (Å²) in [6.45, 7) is 6.71. The van der Waals surface area contributed by atoms with Crippen LogP contribution in [0.4, 0.5) is 0 Å². The summed E-state index contributed by atoms with van der Waals surface area (Å²) < 4.78 is 0. The molecule has 0 unspecified atom stereocenters. The molecule has 0 radical (unpaired) electrons. The lowest BCUT2D eigenvalue weighted by Gasteiger charge is -2.50. The van der Waals surface area contributed by atoms with Gasteiger partial charge in [-0.3, -0.25) is 9.59 Å². The van der Waals surface area contributed by atoms with Gasteiger partial charge in [-0.1, -0.05) is 71.4 Å². The predicted octanol–water partition coefficient (Wildman–Crippen LogP) is 7.82. The topological polar surface area (TPSA) is 54.4 Å². The van der Waals surface area contributed by atoms with Gasteiger partial charge in [-0.25, -0.2) is 0 Å². The molecule has 6 atom stereocenters. The van der Waals surface area contributed by atoms with Gasteiger partial charge in [0, 0.05) is 24.3 Å². The number of carbonyl (C=O) groups is 2. The molecule has 1 aromatic carbocycles. The summed E-state index contributed by atoms with van der Waals surface area (Å²) in [5, 5.41) is 11.1. The van der Waals surface area contributed by atoms with E-state index in [9.17, 15) is 14.7 Å². The number of hydrogen-bond acceptors (Lipinski definition) is 3. The van der Waals surface area contributed by atoms with Gasteiger partial charge >= 0.3 is 0 Å². The lowest BCUT2D eigenvalue weighted by molar-refractivity contribution is -0.131. The second-order valence-electron chi connectivity index (χ2n) is 12.2. The smallest absolute Gasteiger partial charge is 0.162 e. The molecule has 4 rings (SSSR count). The average Bonchev–Trinajstić information content (AvgIpc) is 3.13. The number of aryl methyl sites for hydroxylation is 1. The highest BCUT2D eigenvalue weighted by Gasteiger charge is 2.59. The lowest BCUT2D eigenvalue weighted by Crippen LogP contribution is -2.44. The molecule has 1 aromatic rings. The van der Waals surface area contributed by atoms with Crippen LogP contribution in [0.5, 0.6) is 0 Å². The summed E-state index contributed by atoms with van der Waals surface area (Å²) in [6.07, 6.45) is 14.9. The Hall–Kier alpha value is -1.48. The molecular formula is C32H48O3. The zero-order valence-electron chi connectivity index (χ0n) is 22.5. The number of aliphatic hydroxyl groups excluding tert-OH is 1. The minimum absolute atomic E-state index is 0.0612. The van der Waals surface area contributed by atoms with Crippen molar-refractivity contribution in [2.24, 2.45) is 23.2 Å². The SMILES string of the molecule is CCCCCCC(=O)c1ccc2c(c1)CC[C@@H]1[C@@H]2CC[C@@]2(C)[C@H]1C[C@@H](O)[C@@H]2C(=O)CCCCCC. The largest absolute Gasteiger partial charge is 0.392 e. The molecule has 3 aliphatic carbocycles. The number of rotatable bonds is 12. The summed E-state index contributed by atoms with van der Waals surface area (Å²) in [5.74, 6) is 1.91. The predicted molar refractivity (Wildman–Crippen MR) is 143 cm³/mol. The number of unbranched alkanes of at least 4 members (excludes halogenated alkanes) is 6. The number of aliphatic hydroxyl groups is 1. The lowest BCUT2D eigenvalue weighted by atomic mass is 9.53. The molecule has 3 aliphatic rings. The molecule has 35 heavy (non-hydrogen) atoms. The molecule has 0 heterocycles. The zero-order chi connectivity index (χ0) is 25.0. The van der Waals surface area contributed by atoms with Crippen molar-refractivity contribution in [3.05, 3.63) is 34.9 Å². The monoisotopic (exact) mass is 480 g/mol. The van der Waals surface area contributed by atoms with Crippen molar-refractivity contribution in [2.45, 2.75) is 129 Å². The van der Waals surface area contributed by atoms with Crippen molar-refractivity contribution in [3.63, 3.8) is 0 Å². The van der Waals surface area contributed by atoms with E-state index >= 15 is 0 Å². The first-order valence-electron chi connectivity index (χ1n) is 14.8. The first-order valence-corrected chi connectivity index (χ1v) is 14.8. The van der Waals surface area contributed by atoms with E-state index in [0.29, 0.717) is 42.2 Å². The van der Waals surface area contributed by atoms with E-state index in [4.69, 9.17) is 0 Å². The molecule has 2 saturated carbocycles. The standard InChI is InChI=1S/C32H48O3/c1-4-6-8-10-12-28(33)23-15-16-24-22(20-23)14-17-26-25(24)18-19-32(3)27(26)21-30(35)31(32)29(34)13-11-9-7-5-2/h15-16,20,25-27,30-31,35H,4-14,17-19,21H2,1-3H3/t25-,26-,27+,30-,31+,32+/m1/s1. The van der Waals surface area contributed by atoms with Crippen LogP contribution in [0.3, 0.4) is 0 Å². The van der Waals surface area contributed by atoms with Crippen molar-refractivity contribution in [2.75, 3.05) is 0 Å². The van der Waals surface area contributed by atoms with Crippen LogP contribution in [-0.4, -0.2) is 22.8 Å². The Balaban J connectivity index is 1.44. The van der Waals surface area contributed by atoms with Crippen LogP contribution in [-0.2, 0) is 11.2 Å². The highest BCUT2D eigenvalue weighted by atomic mass is 16.3. The molecule has 3 heteroatoms. The summed E-state index contributed by atoms with van der Waals surface area (Å²) in [5.41, 5.74) is 3.64. The van der Waals surface area contributed by atoms with E-state index in [1.54, 1.807) is 0 Å². The molecule has 0 saturated heterocycles. The molecule has 0 spiro atoms. The number of ketones is 2. The Morgan fingerprint density at radius 3 is 2.40 bits per heavy atom. The summed E-state index contributed by atoms with van der Waals surface area (Å²) in [7, 11) is 0. The maximum absolute atomic E-state index is 13.3. The minimum atomic E-state index is -0.475. The fourth-order valence-corrected chi connectivity index (χ4v) is 8.09. The molecule has 1 N–H and O–H groups in total. The fourth-order valence-electron chi connectivity index (χ4n) is 8.09. The summed E-state index contributed by atoms with van der Waals surface area (Å²) in [6, 6.07) is 6.51. The quantitative estimate of drug-likeness (QED) is 0.245. The van der Waals surface area contributed by atoms with Crippen LogP contribution in [0.2, 0.25) is 0 Å². The molecule has 0 aliphatic heterocycles. The molecule has 0 bridgehead atoms. The van der Waals surface area contributed by atoms with Gasteiger partial charge < -0.3 is 5.11 Å². The van der Waals surface area contributed by atoms with E-state index in [-0.39, 0.29) is 11.3 Å². The third-order valence-electron chi connectivity index (χ3n) is 9.96. The second-order valence-corrected chi connectivity index (χ2v) is 12.2. The normalized spacial score (nSPS) is 31.5. The zero-order valence-corrected chi connectivity index (χ0v) is 22.5. The number of benzene rings is 1. The number of hydrogen-bond donors (Lipinski definition) is 1. The third-order valence-corrected chi connectivity index (χ3v) is 9.96. The van der Waals surface area contributed by atoms with E-state index in [2.05, 4.69) is 39.0 Å². The highest BCUT2D eigenvalue weighted by Crippen LogP contribution is 2.63. The van der Waals surface area contributed by atoms with Crippen LogP contribution in [0.1, 0.15) is 138 Å². The number of carbonyl (C=O) groups excluding carboxylic acids is 2. The van der Waals surface area contributed by atoms with Gasteiger partial charge in [0.25, 0.3) is 0 Å². The van der Waals surface area contributed by atoms with E-state index in [1.807, 2.05) is 0 Å². The summed E-state index contributed by atoms with van der Waals surface area (Å²) in [4.78, 5) is 26.0. The Kier molecular flexibility index (Phi) is 8.90. The van der Waals surface area contributed by atoms with Crippen LogP contribution >= 0.6 is 0 Å². The first-order chi connectivity index (χ1) is 16.9. The van der Waals surface area contributed by atoms with Crippen molar-refractivity contribution < 1.29 is 14.7 Å². The van der Waals surface area contributed by atoms with Crippen LogP contribution in [0.15, 0.2) is 18.2 Å². The van der Waals surface area contributed by atoms with Crippen molar-refractivity contribution in [1.82, 2.24) is 0 Å². The van der Waals surface area contributed by atoms with E-state index in [0.717, 1.165) is 63.4 Å². The van der Waals surface area contributed by atoms with Gasteiger partial charge in [-0.15, -0.1) is 0 Å². The Morgan fingerprint density at radius 2 is 1.69 bits per heavy atom. The first kappa shape index (κ1) is 26.6. The van der Waals surface area contributed by atoms with Gasteiger partial charge in [-0.2, -0.15) is 0 Å². The second kappa shape index (κ2) is 11.7.